The van der Waals surface area contributed by atoms with Crippen molar-refractivity contribution in [2.45, 2.75) is 33.2 Å². The summed E-state index contributed by atoms with van der Waals surface area (Å²) in [5.41, 5.74) is 2.84. The SMILES string of the molecule is CC(C)CC(=O)N1CC=C(c2ccc(C(=O)NCc3ccn4ccnc4c3)o2)CC1. The Hall–Kier alpha value is -3.35. The van der Waals surface area contributed by atoms with Crippen molar-refractivity contribution in [3.8, 4) is 0 Å². The molecule has 0 aliphatic carbocycles. The van der Waals surface area contributed by atoms with Gasteiger partial charge in [0.05, 0.1) is 0 Å². The summed E-state index contributed by atoms with van der Waals surface area (Å²) in [4.78, 5) is 30.8. The van der Waals surface area contributed by atoms with Crippen LogP contribution in [0.5, 0.6) is 0 Å². The molecule has 3 aromatic rings. The van der Waals surface area contributed by atoms with Gasteiger partial charge in [0.1, 0.15) is 11.4 Å². The zero-order valence-corrected chi connectivity index (χ0v) is 17.3. The number of fused-ring (bicyclic) bond motifs is 1. The van der Waals surface area contributed by atoms with Crippen LogP contribution in [-0.2, 0) is 11.3 Å². The van der Waals surface area contributed by atoms with Gasteiger partial charge in [-0.1, -0.05) is 19.9 Å². The molecule has 7 heteroatoms. The molecule has 4 rings (SSSR count). The van der Waals surface area contributed by atoms with Crippen LogP contribution in [0.1, 0.15) is 48.6 Å². The van der Waals surface area contributed by atoms with Gasteiger partial charge in [0.15, 0.2) is 5.76 Å². The van der Waals surface area contributed by atoms with E-state index in [4.69, 9.17) is 4.42 Å². The Morgan fingerprint density at radius 3 is 2.87 bits per heavy atom. The Kier molecular flexibility index (Phi) is 5.70. The molecule has 0 atom stereocenters. The van der Waals surface area contributed by atoms with Gasteiger partial charge in [-0.25, -0.2) is 4.98 Å². The predicted octanol–water partition coefficient (Wildman–Crippen LogP) is 3.52. The van der Waals surface area contributed by atoms with Crippen LogP contribution in [0.15, 0.2) is 53.3 Å². The van der Waals surface area contributed by atoms with Crippen LogP contribution in [0.2, 0.25) is 0 Å². The number of aromatic nitrogens is 2. The predicted molar refractivity (Wildman–Crippen MR) is 114 cm³/mol. The monoisotopic (exact) mass is 406 g/mol. The minimum absolute atomic E-state index is 0.188. The number of nitrogens with one attached hydrogen (secondary N) is 1. The molecule has 0 saturated heterocycles. The Morgan fingerprint density at radius 1 is 1.23 bits per heavy atom. The summed E-state index contributed by atoms with van der Waals surface area (Å²) in [7, 11) is 0. The van der Waals surface area contributed by atoms with Crippen LogP contribution in [-0.4, -0.2) is 39.2 Å². The lowest BCUT2D eigenvalue weighted by molar-refractivity contribution is -0.131. The van der Waals surface area contributed by atoms with E-state index in [0.29, 0.717) is 37.7 Å². The fraction of sp³-hybridized carbons (Fsp3) is 0.348. The van der Waals surface area contributed by atoms with Gasteiger partial charge in [-0.15, -0.1) is 0 Å². The molecule has 0 unspecified atom stereocenters. The Balaban J connectivity index is 1.34. The van der Waals surface area contributed by atoms with Gasteiger partial charge in [-0.05, 0) is 47.7 Å². The Morgan fingerprint density at radius 2 is 2.10 bits per heavy atom. The molecule has 1 aliphatic rings. The number of furan rings is 1. The highest BCUT2D eigenvalue weighted by molar-refractivity contribution is 5.91. The summed E-state index contributed by atoms with van der Waals surface area (Å²) in [6.45, 7) is 5.76. The number of amides is 2. The van der Waals surface area contributed by atoms with E-state index in [1.807, 2.05) is 59.8 Å². The van der Waals surface area contributed by atoms with E-state index in [2.05, 4.69) is 10.3 Å². The van der Waals surface area contributed by atoms with Crippen LogP contribution in [0.4, 0.5) is 0 Å². The van der Waals surface area contributed by atoms with Crippen molar-refractivity contribution in [3.63, 3.8) is 0 Å². The normalized spacial score (nSPS) is 14.2. The first-order chi connectivity index (χ1) is 14.5. The third-order valence-electron chi connectivity index (χ3n) is 5.21. The van der Waals surface area contributed by atoms with Gasteiger partial charge >= 0.3 is 0 Å². The summed E-state index contributed by atoms with van der Waals surface area (Å²) >= 11 is 0. The number of imidazole rings is 1. The maximum atomic E-state index is 12.5. The number of pyridine rings is 1. The van der Waals surface area contributed by atoms with Gasteiger partial charge in [0, 0.05) is 44.6 Å². The van der Waals surface area contributed by atoms with Crippen molar-refractivity contribution < 1.29 is 14.0 Å². The summed E-state index contributed by atoms with van der Waals surface area (Å²) in [6.07, 6.45) is 8.84. The van der Waals surface area contributed by atoms with Gasteiger partial charge < -0.3 is 19.0 Å². The molecule has 30 heavy (non-hydrogen) atoms. The zero-order valence-electron chi connectivity index (χ0n) is 17.3. The lowest BCUT2D eigenvalue weighted by Crippen LogP contribution is -2.35. The molecule has 0 aromatic carbocycles. The van der Waals surface area contributed by atoms with Crippen LogP contribution in [0.3, 0.4) is 0 Å². The Labute approximate surface area is 175 Å². The van der Waals surface area contributed by atoms with Crippen molar-refractivity contribution >= 4 is 23.0 Å². The highest BCUT2D eigenvalue weighted by Gasteiger charge is 2.21. The van der Waals surface area contributed by atoms with Gasteiger partial charge in [0.2, 0.25) is 5.91 Å². The van der Waals surface area contributed by atoms with Crippen molar-refractivity contribution in [2.24, 2.45) is 5.92 Å². The summed E-state index contributed by atoms with van der Waals surface area (Å²) < 4.78 is 7.71. The van der Waals surface area contributed by atoms with Crippen molar-refractivity contribution in [1.82, 2.24) is 19.6 Å². The first-order valence-corrected chi connectivity index (χ1v) is 10.3. The molecular formula is C23H26N4O3. The molecule has 0 radical (unpaired) electrons. The summed E-state index contributed by atoms with van der Waals surface area (Å²) in [5, 5.41) is 2.89. The van der Waals surface area contributed by atoms with E-state index in [9.17, 15) is 9.59 Å². The topological polar surface area (TPSA) is 79.9 Å². The van der Waals surface area contributed by atoms with Crippen LogP contribution >= 0.6 is 0 Å². The molecule has 156 valence electrons. The standard InChI is InChI=1S/C23H26N4O3/c1-16(2)13-22(28)27-10-6-18(7-11-27)19-3-4-20(30-19)23(29)25-15-17-5-9-26-12-8-24-21(26)14-17/h3-6,8-9,12,14,16H,7,10-11,13,15H2,1-2H3,(H,25,29). The largest absolute Gasteiger partial charge is 0.451 e. The number of hydrogen-bond donors (Lipinski definition) is 1. The van der Waals surface area contributed by atoms with E-state index in [-0.39, 0.29) is 17.6 Å². The lowest BCUT2D eigenvalue weighted by atomic mass is 10.0. The quantitative estimate of drug-likeness (QED) is 0.679. The van der Waals surface area contributed by atoms with Gasteiger partial charge in [-0.3, -0.25) is 9.59 Å². The second-order valence-electron chi connectivity index (χ2n) is 7.99. The second-order valence-corrected chi connectivity index (χ2v) is 7.99. The first-order valence-electron chi connectivity index (χ1n) is 10.3. The van der Waals surface area contributed by atoms with Crippen molar-refractivity contribution in [1.29, 1.82) is 0 Å². The second kappa shape index (κ2) is 8.57. The number of carbonyl (C=O) groups is 2. The fourth-order valence-corrected chi connectivity index (χ4v) is 3.56. The average Bonchev–Trinajstić information content (AvgIpc) is 3.41. The minimum atomic E-state index is -0.255. The molecule has 0 spiro atoms. The Bertz CT molecular complexity index is 1090. The molecule has 4 heterocycles. The molecular weight excluding hydrogens is 380 g/mol. The molecule has 2 amide bonds. The fourth-order valence-electron chi connectivity index (χ4n) is 3.56. The third kappa shape index (κ3) is 4.45. The van der Waals surface area contributed by atoms with E-state index >= 15 is 0 Å². The zero-order chi connectivity index (χ0) is 21.1. The van der Waals surface area contributed by atoms with E-state index < -0.39 is 0 Å². The smallest absolute Gasteiger partial charge is 0.287 e. The molecule has 0 fully saturated rings. The molecule has 0 saturated carbocycles. The molecule has 3 aromatic heterocycles. The van der Waals surface area contributed by atoms with E-state index in [1.54, 1.807) is 12.3 Å². The van der Waals surface area contributed by atoms with Crippen molar-refractivity contribution in [3.05, 3.63) is 66.0 Å². The molecule has 1 aliphatic heterocycles. The maximum Gasteiger partial charge on any atom is 0.287 e. The number of rotatable bonds is 6. The van der Waals surface area contributed by atoms with Crippen LogP contribution < -0.4 is 5.32 Å². The molecule has 0 bridgehead atoms. The first kappa shape index (κ1) is 19.9. The summed E-state index contributed by atoms with van der Waals surface area (Å²) in [6, 6.07) is 7.40. The number of nitrogens with zero attached hydrogens (tertiary/aromatic N) is 3. The molecule has 1 N–H and O–H groups in total. The van der Waals surface area contributed by atoms with Crippen LogP contribution in [0, 0.1) is 5.92 Å². The van der Waals surface area contributed by atoms with E-state index in [1.165, 1.54) is 0 Å². The highest BCUT2D eigenvalue weighted by atomic mass is 16.4. The third-order valence-corrected chi connectivity index (χ3v) is 5.21. The van der Waals surface area contributed by atoms with Crippen LogP contribution in [0.25, 0.3) is 11.2 Å². The maximum absolute atomic E-state index is 12.5. The average molecular weight is 406 g/mol. The lowest BCUT2D eigenvalue weighted by Gasteiger charge is -2.26. The number of carbonyl (C=O) groups excluding carboxylic acids is 2. The highest BCUT2D eigenvalue weighted by Crippen LogP contribution is 2.25. The van der Waals surface area contributed by atoms with Gasteiger partial charge in [-0.2, -0.15) is 0 Å². The van der Waals surface area contributed by atoms with E-state index in [0.717, 1.165) is 23.2 Å². The number of hydrogen-bond acceptors (Lipinski definition) is 4. The minimum Gasteiger partial charge on any atom is -0.451 e. The van der Waals surface area contributed by atoms with Gasteiger partial charge in [0.25, 0.3) is 5.91 Å². The molecule has 7 nitrogen and oxygen atoms in total. The van der Waals surface area contributed by atoms with Crippen molar-refractivity contribution in [2.75, 3.05) is 13.1 Å². The summed E-state index contributed by atoms with van der Waals surface area (Å²) in [5.74, 6) is 1.26.